The van der Waals surface area contributed by atoms with Gasteiger partial charge in [0, 0.05) is 19.2 Å². The van der Waals surface area contributed by atoms with E-state index in [1.807, 2.05) is 13.8 Å². The van der Waals surface area contributed by atoms with Crippen LogP contribution in [0.25, 0.3) is 5.69 Å². The maximum Gasteiger partial charge on any atom is 0.294 e. The van der Waals surface area contributed by atoms with Gasteiger partial charge in [0.1, 0.15) is 5.69 Å². The summed E-state index contributed by atoms with van der Waals surface area (Å²) in [5.74, 6) is 0.346. The van der Waals surface area contributed by atoms with Gasteiger partial charge in [-0.1, -0.05) is 19.9 Å². The molecule has 0 radical (unpaired) electrons. The molecule has 0 amide bonds. The van der Waals surface area contributed by atoms with Crippen LogP contribution in [0.2, 0.25) is 0 Å². The number of nitrogens with zero attached hydrogens (tertiary/aromatic N) is 3. The Labute approximate surface area is 121 Å². The summed E-state index contributed by atoms with van der Waals surface area (Å²) >= 11 is 0. The van der Waals surface area contributed by atoms with Crippen molar-refractivity contribution in [3.05, 3.63) is 50.4 Å². The Morgan fingerprint density at radius 1 is 1.38 bits per heavy atom. The monoisotopic (exact) mass is 290 g/mol. The third-order valence-corrected chi connectivity index (χ3v) is 3.31. The summed E-state index contributed by atoms with van der Waals surface area (Å²) < 4.78 is 3.02. The van der Waals surface area contributed by atoms with Gasteiger partial charge in [0.25, 0.3) is 11.2 Å². The van der Waals surface area contributed by atoms with Crippen LogP contribution in [0.1, 0.15) is 19.5 Å². The van der Waals surface area contributed by atoms with E-state index in [4.69, 9.17) is 5.73 Å². The van der Waals surface area contributed by atoms with Gasteiger partial charge in [0.2, 0.25) is 0 Å². The van der Waals surface area contributed by atoms with Gasteiger partial charge in [-0.2, -0.15) is 0 Å². The SMILES string of the molecule is CC(C)Cc1c(N)c(=O)n(-c2cccc([N+](=O)[O-])c2)n1C. The first-order chi connectivity index (χ1) is 9.82. The van der Waals surface area contributed by atoms with Gasteiger partial charge in [0.05, 0.1) is 16.3 Å². The van der Waals surface area contributed by atoms with Gasteiger partial charge in [-0.3, -0.25) is 19.6 Å². The summed E-state index contributed by atoms with van der Waals surface area (Å²) in [6, 6.07) is 5.94. The molecular weight excluding hydrogens is 272 g/mol. The number of nitrogens with two attached hydrogens (primary N) is 1. The summed E-state index contributed by atoms with van der Waals surface area (Å²) in [7, 11) is 1.73. The average Bonchev–Trinajstić information content (AvgIpc) is 2.62. The Morgan fingerprint density at radius 3 is 2.62 bits per heavy atom. The standard InChI is InChI=1S/C14H18N4O3/c1-9(2)7-12-13(15)14(19)17(16(12)3)10-5-4-6-11(8-10)18(20)21/h4-6,8-9H,7,15H2,1-3H3. The molecule has 112 valence electrons. The molecule has 0 aliphatic heterocycles. The first kappa shape index (κ1) is 14.8. The van der Waals surface area contributed by atoms with Crippen LogP contribution < -0.4 is 11.3 Å². The van der Waals surface area contributed by atoms with Gasteiger partial charge in [-0.05, 0) is 18.4 Å². The minimum Gasteiger partial charge on any atom is -0.393 e. The van der Waals surface area contributed by atoms with Gasteiger partial charge in [-0.15, -0.1) is 0 Å². The molecule has 1 aromatic carbocycles. The lowest BCUT2D eigenvalue weighted by atomic mass is 10.1. The quantitative estimate of drug-likeness (QED) is 0.686. The molecule has 21 heavy (non-hydrogen) atoms. The van der Waals surface area contributed by atoms with E-state index in [9.17, 15) is 14.9 Å². The molecule has 0 aliphatic rings. The second kappa shape index (κ2) is 5.43. The van der Waals surface area contributed by atoms with Crippen LogP contribution in [0.5, 0.6) is 0 Å². The molecule has 0 atom stereocenters. The second-order valence-electron chi connectivity index (χ2n) is 5.38. The van der Waals surface area contributed by atoms with E-state index in [2.05, 4.69) is 0 Å². The minimum atomic E-state index is -0.490. The summed E-state index contributed by atoms with van der Waals surface area (Å²) in [6.07, 6.45) is 0.666. The lowest BCUT2D eigenvalue weighted by molar-refractivity contribution is -0.384. The van der Waals surface area contributed by atoms with E-state index < -0.39 is 4.92 Å². The molecule has 0 spiro atoms. The number of nitro groups is 1. The fourth-order valence-electron chi connectivity index (χ4n) is 2.33. The molecule has 7 nitrogen and oxygen atoms in total. The van der Waals surface area contributed by atoms with E-state index in [0.717, 1.165) is 5.69 Å². The second-order valence-corrected chi connectivity index (χ2v) is 5.38. The Kier molecular flexibility index (Phi) is 3.84. The zero-order valence-corrected chi connectivity index (χ0v) is 12.2. The van der Waals surface area contributed by atoms with E-state index >= 15 is 0 Å². The van der Waals surface area contributed by atoms with Crippen molar-refractivity contribution >= 4 is 11.4 Å². The number of hydrogen-bond donors (Lipinski definition) is 1. The molecule has 1 aromatic heterocycles. The number of benzene rings is 1. The molecule has 0 bridgehead atoms. The largest absolute Gasteiger partial charge is 0.393 e. The molecule has 0 aliphatic carbocycles. The van der Waals surface area contributed by atoms with Crippen molar-refractivity contribution in [3.63, 3.8) is 0 Å². The highest BCUT2D eigenvalue weighted by Crippen LogP contribution is 2.19. The summed E-state index contributed by atoms with van der Waals surface area (Å²) in [4.78, 5) is 22.7. The van der Waals surface area contributed by atoms with Crippen molar-refractivity contribution in [1.82, 2.24) is 9.36 Å². The van der Waals surface area contributed by atoms with Gasteiger partial charge in [0.15, 0.2) is 0 Å². The smallest absolute Gasteiger partial charge is 0.294 e. The summed E-state index contributed by atoms with van der Waals surface area (Å²) in [5.41, 5.74) is 6.84. The van der Waals surface area contributed by atoms with Crippen molar-refractivity contribution in [2.45, 2.75) is 20.3 Å². The molecule has 0 fully saturated rings. The van der Waals surface area contributed by atoms with Crippen LogP contribution in [0.4, 0.5) is 11.4 Å². The number of nitrogen functional groups attached to an aromatic ring is 1. The lowest BCUT2D eigenvalue weighted by Crippen LogP contribution is -2.20. The highest BCUT2D eigenvalue weighted by Gasteiger charge is 2.18. The molecule has 0 saturated heterocycles. The Bertz CT molecular complexity index is 743. The highest BCUT2D eigenvalue weighted by molar-refractivity contribution is 5.48. The predicted molar refractivity (Wildman–Crippen MR) is 80.6 cm³/mol. The van der Waals surface area contributed by atoms with Gasteiger partial charge >= 0.3 is 0 Å². The number of anilines is 1. The van der Waals surface area contributed by atoms with Crippen LogP contribution in [0.3, 0.4) is 0 Å². The molecular formula is C14H18N4O3. The molecule has 1 heterocycles. The van der Waals surface area contributed by atoms with Crippen molar-refractivity contribution in [2.75, 3.05) is 5.73 Å². The minimum absolute atomic E-state index is 0.0652. The fraction of sp³-hybridized carbons (Fsp3) is 0.357. The topological polar surface area (TPSA) is 96.1 Å². The maximum absolute atomic E-state index is 12.3. The molecule has 2 N–H and O–H groups in total. The molecule has 0 unspecified atom stereocenters. The Balaban J connectivity index is 2.62. The fourth-order valence-corrected chi connectivity index (χ4v) is 2.33. The van der Waals surface area contributed by atoms with E-state index in [1.54, 1.807) is 23.9 Å². The van der Waals surface area contributed by atoms with Crippen molar-refractivity contribution in [1.29, 1.82) is 0 Å². The normalized spacial score (nSPS) is 11.0. The lowest BCUT2D eigenvalue weighted by Gasteiger charge is -2.11. The number of hydrogen-bond acceptors (Lipinski definition) is 4. The molecule has 7 heteroatoms. The number of nitro benzene ring substituents is 1. The Morgan fingerprint density at radius 2 is 2.05 bits per heavy atom. The number of rotatable bonds is 4. The zero-order chi connectivity index (χ0) is 15.7. The molecule has 2 aromatic rings. The first-order valence-electron chi connectivity index (χ1n) is 6.64. The third kappa shape index (κ3) is 2.67. The highest BCUT2D eigenvalue weighted by atomic mass is 16.6. The first-order valence-corrected chi connectivity index (χ1v) is 6.64. The van der Waals surface area contributed by atoms with Crippen LogP contribution in [-0.4, -0.2) is 14.3 Å². The maximum atomic E-state index is 12.3. The van der Waals surface area contributed by atoms with Gasteiger partial charge in [-0.25, -0.2) is 4.68 Å². The predicted octanol–water partition coefficient (Wildman–Crippen LogP) is 1.86. The third-order valence-electron chi connectivity index (χ3n) is 3.31. The van der Waals surface area contributed by atoms with Crippen LogP contribution in [0.15, 0.2) is 29.1 Å². The molecule has 0 saturated carbocycles. The van der Waals surface area contributed by atoms with E-state index in [0.29, 0.717) is 18.0 Å². The zero-order valence-electron chi connectivity index (χ0n) is 12.2. The van der Waals surface area contributed by atoms with Crippen molar-refractivity contribution in [2.24, 2.45) is 13.0 Å². The molecule has 2 rings (SSSR count). The number of non-ortho nitro benzene ring substituents is 1. The summed E-state index contributed by atoms with van der Waals surface area (Å²) in [5, 5.41) is 10.9. The number of aromatic nitrogens is 2. The summed E-state index contributed by atoms with van der Waals surface area (Å²) in [6.45, 7) is 4.07. The van der Waals surface area contributed by atoms with Crippen molar-refractivity contribution < 1.29 is 4.92 Å². The average molecular weight is 290 g/mol. The van der Waals surface area contributed by atoms with E-state index in [-0.39, 0.29) is 16.9 Å². The van der Waals surface area contributed by atoms with Crippen molar-refractivity contribution in [3.8, 4) is 5.69 Å². The van der Waals surface area contributed by atoms with Crippen LogP contribution in [-0.2, 0) is 13.5 Å². The van der Waals surface area contributed by atoms with E-state index in [1.165, 1.54) is 16.8 Å². The van der Waals surface area contributed by atoms with Crippen LogP contribution in [0, 0.1) is 16.0 Å². The van der Waals surface area contributed by atoms with Crippen LogP contribution >= 0.6 is 0 Å². The Hall–Kier alpha value is -2.57. The van der Waals surface area contributed by atoms with Gasteiger partial charge < -0.3 is 5.73 Å².